The molecule has 2 rings (SSSR count). The van der Waals surface area contributed by atoms with Crippen LogP contribution in [-0.2, 0) is 13.2 Å². The van der Waals surface area contributed by atoms with E-state index in [0.717, 1.165) is 17.7 Å². The lowest BCUT2D eigenvalue weighted by Crippen LogP contribution is -2.06. The van der Waals surface area contributed by atoms with Crippen LogP contribution in [0, 0.1) is 6.92 Å². The van der Waals surface area contributed by atoms with Crippen molar-refractivity contribution in [3.63, 3.8) is 0 Å². The molecular formula is C17H20ClNO2. The maximum atomic E-state index is 6.31. The zero-order valence-corrected chi connectivity index (χ0v) is 13.3. The van der Waals surface area contributed by atoms with Gasteiger partial charge in [-0.2, -0.15) is 0 Å². The molecule has 0 saturated carbocycles. The Hall–Kier alpha value is -1.71. The number of nitrogens with one attached hydrogen (secondary N) is 1. The molecular weight excluding hydrogens is 286 g/mol. The summed E-state index contributed by atoms with van der Waals surface area (Å²) in [4.78, 5) is 0. The Balaban J connectivity index is 2.19. The minimum atomic E-state index is 0.461. The summed E-state index contributed by atoms with van der Waals surface area (Å²) in [6.45, 7) is 3.25. The number of hydrogen-bond donors (Lipinski definition) is 1. The summed E-state index contributed by atoms with van der Waals surface area (Å²) < 4.78 is 11.2. The van der Waals surface area contributed by atoms with E-state index in [1.165, 1.54) is 5.56 Å². The Kier molecular flexibility index (Phi) is 5.48. The van der Waals surface area contributed by atoms with Crippen molar-refractivity contribution in [1.82, 2.24) is 5.32 Å². The maximum Gasteiger partial charge on any atom is 0.180 e. The average Bonchev–Trinajstić information content (AvgIpc) is 2.46. The van der Waals surface area contributed by atoms with Crippen molar-refractivity contribution < 1.29 is 9.47 Å². The van der Waals surface area contributed by atoms with Gasteiger partial charge >= 0.3 is 0 Å². The highest BCUT2D eigenvalue weighted by Gasteiger charge is 2.12. The summed E-state index contributed by atoms with van der Waals surface area (Å²) in [5.74, 6) is 1.24. The SMILES string of the molecule is CNCc1cc(Cl)c(OCc2cccc(C)c2)c(OC)c1. The molecule has 3 nitrogen and oxygen atoms in total. The van der Waals surface area contributed by atoms with Crippen LogP contribution in [0.3, 0.4) is 0 Å². The van der Waals surface area contributed by atoms with Crippen molar-refractivity contribution in [2.45, 2.75) is 20.1 Å². The highest BCUT2D eigenvalue weighted by atomic mass is 35.5. The first-order valence-electron chi connectivity index (χ1n) is 6.83. The van der Waals surface area contributed by atoms with Gasteiger partial charge in [-0.1, -0.05) is 41.4 Å². The molecule has 0 aliphatic heterocycles. The van der Waals surface area contributed by atoms with Gasteiger partial charge in [-0.05, 0) is 37.2 Å². The van der Waals surface area contributed by atoms with Gasteiger partial charge in [0.2, 0.25) is 0 Å². The van der Waals surface area contributed by atoms with Crippen LogP contribution in [0.25, 0.3) is 0 Å². The quantitative estimate of drug-likeness (QED) is 0.876. The fraction of sp³-hybridized carbons (Fsp3) is 0.294. The highest BCUT2D eigenvalue weighted by molar-refractivity contribution is 6.32. The third-order valence-corrected chi connectivity index (χ3v) is 3.42. The summed E-state index contributed by atoms with van der Waals surface area (Å²) >= 11 is 6.31. The topological polar surface area (TPSA) is 30.5 Å². The molecule has 0 aliphatic carbocycles. The Morgan fingerprint density at radius 3 is 2.62 bits per heavy atom. The molecule has 0 amide bonds. The second-order valence-electron chi connectivity index (χ2n) is 4.92. The normalized spacial score (nSPS) is 10.5. The standard InChI is InChI=1S/C17H20ClNO2/c1-12-5-4-6-13(7-12)11-21-17-15(18)8-14(10-19-2)9-16(17)20-3/h4-9,19H,10-11H2,1-3H3. The van der Waals surface area contributed by atoms with Crippen LogP contribution >= 0.6 is 11.6 Å². The molecule has 0 unspecified atom stereocenters. The second-order valence-corrected chi connectivity index (χ2v) is 5.32. The van der Waals surface area contributed by atoms with Gasteiger partial charge in [-0.25, -0.2) is 0 Å². The van der Waals surface area contributed by atoms with Gasteiger partial charge in [0.1, 0.15) is 6.61 Å². The smallest absolute Gasteiger partial charge is 0.180 e. The lowest BCUT2D eigenvalue weighted by molar-refractivity contribution is 0.284. The van der Waals surface area contributed by atoms with Gasteiger partial charge in [0, 0.05) is 6.54 Å². The summed E-state index contributed by atoms with van der Waals surface area (Å²) in [6.07, 6.45) is 0. The molecule has 0 saturated heterocycles. The first-order valence-corrected chi connectivity index (χ1v) is 7.21. The van der Waals surface area contributed by atoms with E-state index in [0.29, 0.717) is 23.1 Å². The largest absolute Gasteiger partial charge is 0.493 e. The van der Waals surface area contributed by atoms with E-state index < -0.39 is 0 Å². The summed E-state index contributed by atoms with van der Waals surface area (Å²) in [5, 5.41) is 3.65. The van der Waals surface area contributed by atoms with E-state index in [-0.39, 0.29) is 0 Å². The van der Waals surface area contributed by atoms with Gasteiger partial charge in [0.15, 0.2) is 11.5 Å². The number of methoxy groups -OCH3 is 1. The van der Waals surface area contributed by atoms with Crippen LogP contribution in [0.2, 0.25) is 5.02 Å². The van der Waals surface area contributed by atoms with E-state index in [2.05, 4.69) is 24.4 Å². The van der Waals surface area contributed by atoms with Crippen LogP contribution < -0.4 is 14.8 Å². The predicted molar refractivity (Wildman–Crippen MR) is 86.3 cm³/mol. The van der Waals surface area contributed by atoms with E-state index in [1.807, 2.05) is 31.3 Å². The Bertz CT molecular complexity index is 614. The maximum absolute atomic E-state index is 6.31. The number of aryl methyl sites for hydroxylation is 1. The van der Waals surface area contributed by atoms with Crippen molar-refractivity contribution in [1.29, 1.82) is 0 Å². The second kappa shape index (κ2) is 7.34. The van der Waals surface area contributed by atoms with Crippen LogP contribution in [0.15, 0.2) is 36.4 Å². The minimum Gasteiger partial charge on any atom is -0.493 e. The molecule has 0 fully saturated rings. The number of benzene rings is 2. The third-order valence-electron chi connectivity index (χ3n) is 3.14. The lowest BCUT2D eigenvalue weighted by Gasteiger charge is -2.14. The Morgan fingerprint density at radius 2 is 1.95 bits per heavy atom. The van der Waals surface area contributed by atoms with Gasteiger partial charge in [0.05, 0.1) is 12.1 Å². The fourth-order valence-corrected chi connectivity index (χ4v) is 2.46. The first kappa shape index (κ1) is 15.7. The van der Waals surface area contributed by atoms with Crippen LogP contribution in [0.4, 0.5) is 0 Å². The van der Waals surface area contributed by atoms with E-state index >= 15 is 0 Å². The van der Waals surface area contributed by atoms with Crippen LogP contribution in [0.5, 0.6) is 11.5 Å². The predicted octanol–water partition coefficient (Wildman–Crippen LogP) is 3.96. The molecule has 0 aliphatic rings. The number of hydrogen-bond acceptors (Lipinski definition) is 3. The molecule has 2 aromatic carbocycles. The molecule has 0 spiro atoms. The number of rotatable bonds is 6. The fourth-order valence-electron chi connectivity index (χ4n) is 2.18. The average molecular weight is 306 g/mol. The van der Waals surface area contributed by atoms with Crippen LogP contribution in [0.1, 0.15) is 16.7 Å². The number of ether oxygens (including phenoxy) is 2. The van der Waals surface area contributed by atoms with Crippen molar-refractivity contribution in [3.05, 3.63) is 58.1 Å². The summed E-state index contributed by atoms with van der Waals surface area (Å²) in [6, 6.07) is 12.0. The molecule has 21 heavy (non-hydrogen) atoms. The van der Waals surface area contributed by atoms with Crippen molar-refractivity contribution in [3.8, 4) is 11.5 Å². The molecule has 0 atom stereocenters. The monoisotopic (exact) mass is 305 g/mol. The summed E-state index contributed by atoms with van der Waals surface area (Å²) in [5.41, 5.74) is 3.37. The highest BCUT2D eigenvalue weighted by Crippen LogP contribution is 2.37. The van der Waals surface area contributed by atoms with E-state index in [4.69, 9.17) is 21.1 Å². The molecule has 112 valence electrons. The Labute approximate surface area is 130 Å². The minimum absolute atomic E-state index is 0.461. The van der Waals surface area contributed by atoms with Crippen molar-refractivity contribution in [2.75, 3.05) is 14.2 Å². The first-order chi connectivity index (χ1) is 10.1. The number of halogens is 1. The van der Waals surface area contributed by atoms with Gasteiger partial charge in [0.25, 0.3) is 0 Å². The molecule has 0 heterocycles. The lowest BCUT2D eigenvalue weighted by atomic mass is 10.1. The zero-order valence-electron chi connectivity index (χ0n) is 12.6. The third kappa shape index (κ3) is 4.13. The van der Waals surface area contributed by atoms with Gasteiger partial charge in [-0.15, -0.1) is 0 Å². The molecule has 0 radical (unpaired) electrons. The molecule has 0 bridgehead atoms. The molecule has 0 aromatic heterocycles. The Morgan fingerprint density at radius 1 is 1.14 bits per heavy atom. The molecule has 4 heteroatoms. The van der Waals surface area contributed by atoms with Crippen molar-refractivity contribution in [2.24, 2.45) is 0 Å². The van der Waals surface area contributed by atoms with E-state index in [1.54, 1.807) is 7.11 Å². The molecule has 2 aromatic rings. The van der Waals surface area contributed by atoms with Gasteiger partial charge in [-0.3, -0.25) is 0 Å². The summed E-state index contributed by atoms with van der Waals surface area (Å²) in [7, 11) is 3.51. The van der Waals surface area contributed by atoms with Gasteiger partial charge < -0.3 is 14.8 Å². The van der Waals surface area contributed by atoms with E-state index in [9.17, 15) is 0 Å². The van der Waals surface area contributed by atoms with Crippen molar-refractivity contribution >= 4 is 11.6 Å². The van der Waals surface area contributed by atoms with Crippen LogP contribution in [-0.4, -0.2) is 14.2 Å². The molecule has 1 N–H and O–H groups in total. The zero-order chi connectivity index (χ0) is 15.2.